The van der Waals surface area contributed by atoms with E-state index in [0.717, 1.165) is 19.4 Å². The molecular formula is C14H20ClN3O3. The van der Waals surface area contributed by atoms with Crippen LogP contribution in [0.4, 0.5) is 10.5 Å². The van der Waals surface area contributed by atoms with Crippen molar-refractivity contribution >= 4 is 29.3 Å². The van der Waals surface area contributed by atoms with Crippen LogP contribution in [0.3, 0.4) is 0 Å². The standard InChI is InChI=1S/C14H20ClN3O3/c1-18(2)8-4-3-7-16-14(21)17-12-6-5-10(15)9-11(12)13(19)20/h5-6,9H,3-4,7-8H2,1-2H3,(H,19,20)(H2,16,17,21). The first-order valence-corrected chi connectivity index (χ1v) is 7.00. The molecule has 0 saturated carbocycles. The Balaban J connectivity index is 2.46. The normalized spacial score (nSPS) is 10.5. The highest BCUT2D eigenvalue weighted by Crippen LogP contribution is 2.20. The molecule has 0 atom stereocenters. The summed E-state index contributed by atoms with van der Waals surface area (Å²) in [5.74, 6) is -1.14. The van der Waals surface area contributed by atoms with E-state index in [0.29, 0.717) is 11.6 Å². The first-order valence-electron chi connectivity index (χ1n) is 6.62. The summed E-state index contributed by atoms with van der Waals surface area (Å²) in [6.07, 6.45) is 1.84. The van der Waals surface area contributed by atoms with Crippen LogP contribution < -0.4 is 10.6 Å². The summed E-state index contributed by atoms with van der Waals surface area (Å²) in [5, 5.41) is 14.6. The molecular weight excluding hydrogens is 294 g/mol. The molecule has 0 aromatic heterocycles. The van der Waals surface area contributed by atoms with Crippen molar-refractivity contribution in [1.29, 1.82) is 0 Å². The van der Waals surface area contributed by atoms with Gasteiger partial charge in [0, 0.05) is 11.6 Å². The Kier molecular flexibility index (Phi) is 6.98. The number of benzene rings is 1. The van der Waals surface area contributed by atoms with Gasteiger partial charge in [0.2, 0.25) is 0 Å². The van der Waals surface area contributed by atoms with Gasteiger partial charge in [0.25, 0.3) is 0 Å². The molecule has 1 aromatic carbocycles. The number of carboxylic acids is 1. The Hall–Kier alpha value is -1.79. The lowest BCUT2D eigenvalue weighted by molar-refractivity contribution is 0.0698. The van der Waals surface area contributed by atoms with E-state index in [1.807, 2.05) is 14.1 Å². The minimum absolute atomic E-state index is 0.0368. The molecule has 0 aliphatic heterocycles. The molecule has 0 spiro atoms. The predicted octanol–water partition coefficient (Wildman–Crippen LogP) is 2.50. The number of carboxylic acid groups (broad SMARTS) is 1. The zero-order valence-electron chi connectivity index (χ0n) is 12.1. The number of amides is 2. The van der Waals surface area contributed by atoms with Crippen molar-refractivity contribution in [3.05, 3.63) is 28.8 Å². The molecule has 0 aliphatic rings. The molecule has 0 aliphatic carbocycles. The Morgan fingerprint density at radius 1 is 1.29 bits per heavy atom. The van der Waals surface area contributed by atoms with Gasteiger partial charge >= 0.3 is 12.0 Å². The summed E-state index contributed by atoms with van der Waals surface area (Å²) >= 11 is 5.75. The monoisotopic (exact) mass is 313 g/mol. The lowest BCUT2D eigenvalue weighted by atomic mass is 10.2. The highest BCUT2D eigenvalue weighted by atomic mass is 35.5. The number of rotatable bonds is 7. The van der Waals surface area contributed by atoms with Crippen LogP contribution in [0.25, 0.3) is 0 Å². The van der Waals surface area contributed by atoms with Gasteiger partial charge in [0.15, 0.2) is 0 Å². The number of urea groups is 1. The Labute approximate surface area is 129 Å². The van der Waals surface area contributed by atoms with Crippen molar-refractivity contribution in [2.45, 2.75) is 12.8 Å². The Bertz CT molecular complexity index is 506. The number of halogens is 1. The van der Waals surface area contributed by atoms with Crippen molar-refractivity contribution in [3.63, 3.8) is 0 Å². The van der Waals surface area contributed by atoms with Gasteiger partial charge in [0.1, 0.15) is 0 Å². The number of anilines is 1. The molecule has 116 valence electrons. The van der Waals surface area contributed by atoms with Gasteiger partial charge in [-0.25, -0.2) is 9.59 Å². The van der Waals surface area contributed by atoms with Gasteiger partial charge in [-0.1, -0.05) is 11.6 Å². The second-order valence-corrected chi connectivity index (χ2v) is 5.32. The van der Waals surface area contributed by atoms with Crippen LogP contribution in [0, 0.1) is 0 Å². The Morgan fingerprint density at radius 3 is 2.62 bits per heavy atom. The molecule has 21 heavy (non-hydrogen) atoms. The molecule has 0 saturated heterocycles. The average Bonchev–Trinajstić information content (AvgIpc) is 2.39. The number of hydrogen-bond acceptors (Lipinski definition) is 3. The van der Waals surface area contributed by atoms with E-state index in [1.54, 1.807) is 0 Å². The summed E-state index contributed by atoms with van der Waals surface area (Å²) in [4.78, 5) is 24.9. The molecule has 0 unspecified atom stereocenters. The molecule has 0 bridgehead atoms. The third-order valence-corrected chi connectivity index (χ3v) is 3.01. The lowest BCUT2D eigenvalue weighted by Crippen LogP contribution is -2.30. The van der Waals surface area contributed by atoms with Crippen molar-refractivity contribution in [2.24, 2.45) is 0 Å². The van der Waals surface area contributed by atoms with E-state index in [2.05, 4.69) is 15.5 Å². The highest BCUT2D eigenvalue weighted by Gasteiger charge is 2.12. The summed E-state index contributed by atoms with van der Waals surface area (Å²) in [6.45, 7) is 1.50. The van der Waals surface area contributed by atoms with E-state index in [4.69, 9.17) is 16.7 Å². The third kappa shape index (κ3) is 6.46. The first-order chi connectivity index (χ1) is 9.90. The fourth-order valence-corrected chi connectivity index (χ4v) is 1.90. The van der Waals surface area contributed by atoms with Crippen molar-refractivity contribution < 1.29 is 14.7 Å². The second-order valence-electron chi connectivity index (χ2n) is 4.89. The summed E-state index contributed by atoms with van der Waals surface area (Å²) in [5.41, 5.74) is 0.183. The third-order valence-electron chi connectivity index (χ3n) is 2.78. The zero-order chi connectivity index (χ0) is 15.8. The fourth-order valence-electron chi connectivity index (χ4n) is 1.72. The quantitative estimate of drug-likeness (QED) is 0.676. The molecule has 1 aromatic rings. The topological polar surface area (TPSA) is 81.7 Å². The molecule has 0 fully saturated rings. The smallest absolute Gasteiger partial charge is 0.337 e. The number of carbonyl (C=O) groups excluding carboxylic acids is 1. The SMILES string of the molecule is CN(C)CCCCNC(=O)Nc1ccc(Cl)cc1C(=O)O. The van der Waals surface area contributed by atoms with Crippen molar-refractivity contribution in [1.82, 2.24) is 10.2 Å². The van der Waals surface area contributed by atoms with Crippen LogP contribution in [0.1, 0.15) is 23.2 Å². The fraction of sp³-hybridized carbons (Fsp3) is 0.429. The zero-order valence-corrected chi connectivity index (χ0v) is 12.9. The van der Waals surface area contributed by atoms with Crippen LogP contribution in [0.2, 0.25) is 5.02 Å². The molecule has 0 heterocycles. The first kappa shape index (κ1) is 17.3. The maximum atomic E-state index is 11.7. The number of hydrogen-bond donors (Lipinski definition) is 3. The van der Waals surface area contributed by atoms with Gasteiger partial charge in [0.05, 0.1) is 11.3 Å². The lowest BCUT2D eigenvalue weighted by Gasteiger charge is -2.11. The van der Waals surface area contributed by atoms with Crippen LogP contribution in [0.15, 0.2) is 18.2 Å². The summed E-state index contributed by atoms with van der Waals surface area (Å²) in [7, 11) is 3.99. The molecule has 2 amide bonds. The number of unbranched alkanes of at least 4 members (excludes halogenated alkanes) is 1. The van der Waals surface area contributed by atoms with Gasteiger partial charge in [-0.2, -0.15) is 0 Å². The van der Waals surface area contributed by atoms with Crippen LogP contribution in [0.5, 0.6) is 0 Å². The summed E-state index contributed by atoms with van der Waals surface area (Å²) in [6, 6.07) is 3.87. The summed E-state index contributed by atoms with van der Waals surface area (Å²) < 4.78 is 0. The van der Waals surface area contributed by atoms with Gasteiger partial charge < -0.3 is 20.6 Å². The van der Waals surface area contributed by atoms with E-state index >= 15 is 0 Å². The molecule has 7 heteroatoms. The van der Waals surface area contributed by atoms with E-state index < -0.39 is 12.0 Å². The van der Waals surface area contributed by atoms with Gasteiger partial charge in [-0.3, -0.25) is 0 Å². The minimum Gasteiger partial charge on any atom is -0.478 e. The minimum atomic E-state index is -1.14. The van der Waals surface area contributed by atoms with E-state index in [9.17, 15) is 9.59 Å². The molecule has 0 radical (unpaired) electrons. The predicted molar refractivity (Wildman–Crippen MR) is 83.2 cm³/mol. The number of aromatic carboxylic acids is 1. The number of nitrogens with zero attached hydrogens (tertiary/aromatic N) is 1. The van der Waals surface area contributed by atoms with E-state index in [-0.39, 0.29) is 11.3 Å². The van der Waals surface area contributed by atoms with Crippen LogP contribution in [-0.2, 0) is 0 Å². The van der Waals surface area contributed by atoms with Crippen molar-refractivity contribution in [2.75, 3.05) is 32.5 Å². The van der Waals surface area contributed by atoms with Gasteiger partial charge in [-0.05, 0) is 51.7 Å². The molecule has 1 rings (SSSR count). The molecule has 3 N–H and O–H groups in total. The largest absolute Gasteiger partial charge is 0.478 e. The molecule has 6 nitrogen and oxygen atoms in total. The Morgan fingerprint density at radius 2 is 2.00 bits per heavy atom. The average molecular weight is 314 g/mol. The van der Waals surface area contributed by atoms with E-state index in [1.165, 1.54) is 18.2 Å². The van der Waals surface area contributed by atoms with Gasteiger partial charge in [-0.15, -0.1) is 0 Å². The van der Waals surface area contributed by atoms with Crippen LogP contribution >= 0.6 is 11.6 Å². The van der Waals surface area contributed by atoms with Crippen LogP contribution in [-0.4, -0.2) is 49.2 Å². The second kappa shape index (κ2) is 8.49. The van der Waals surface area contributed by atoms with Crippen molar-refractivity contribution in [3.8, 4) is 0 Å². The number of nitrogens with one attached hydrogen (secondary N) is 2. The highest BCUT2D eigenvalue weighted by molar-refractivity contribution is 6.31. The number of carbonyl (C=O) groups is 2. The maximum absolute atomic E-state index is 11.7. The maximum Gasteiger partial charge on any atom is 0.337 e.